The van der Waals surface area contributed by atoms with E-state index in [1.54, 1.807) is 0 Å². The van der Waals surface area contributed by atoms with Crippen molar-refractivity contribution in [2.45, 2.75) is 20.1 Å². The molecule has 5 aromatic carbocycles. The summed E-state index contributed by atoms with van der Waals surface area (Å²) in [6.07, 6.45) is 0. The average Bonchev–Trinajstić information content (AvgIpc) is 3.54. The van der Waals surface area contributed by atoms with Gasteiger partial charge in [-0.2, -0.15) is 0 Å². The molecule has 3 heteroatoms. The van der Waals surface area contributed by atoms with Gasteiger partial charge in [0.1, 0.15) is 6.67 Å². The van der Waals surface area contributed by atoms with Crippen LogP contribution in [0, 0.1) is 0 Å². The quantitative estimate of drug-likeness (QED) is 0.249. The standard InChI is InChI=1S/C33H25N3/c1-2-34-28-15-7-5-13-24(28)26-19-27-25-14-6-10-18-31(25)36(33(27)20-32(26)34)21-35-29-16-8-3-11-22(29)23-12-4-9-17-30(23)35/h3-20H,2,21H2,1H3. The fourth-order valence-electron chi connectivity index (χ4n) is 6.38. The molecule has 36 heavy (non-hydrogen) atoms. The fourth-order valence-corrected chi connectivity index (χ4v) is 6.38. The second kappa shape index (κ2) is 7.25. The van der Waals surface area contributed by atoms with Crippen LogP contribution in [0.4, 0.5) is 0 Å². The molecule has 8 rings (SSSR count). The summed E-state index contributed by atoms with van der Waals surface area (Å²) < 4.78 is 7.42. The Labute approximate surface area is 208 Å². The van der Waals surface area contributed by atoms with E-state index in [-0.39, 0.29) is 0 Å². The number of aromatic nitrogens is 3. The lowest BCUT2D eigenvalue weighted by atomic mass is 10.1. The van der Waals surface area contributed by atoms with Crippen LogP contribution in [0.15, 0.2) is 109 Å². The van der Waals surface area contributed by atoms with Crippen LogP contribution in [0.25, 0.3) is 65.4 Å². The van der Waals surface area contributed by atoms with Gasteiger partial charge in [-0.25, -0.2) is 0 Å². The maximum atomic E-state index is 2.50. The lowest BCUT2D eigenvalue weighted by molar-refractivity contribution is 0.682. The van der Waals surface area contributed by atoms with Gasteiger partial charge in [0.15, 0.2) is 0 Å². The van der Waals surface area contributed by atoms with Crippen LogP contribution in [0.2, 0.25) is 0 Å². The zero-order chi connectivity index (χ0) is 23.8. The summed E-state index contributed by atoms with van der Waals surface area (Å²) in [7, 11) is 0. The Bertz CT molecular complexity index is 2060. The van der Waals surface area contributed by atoms with Crippen molar-refractivity contribution in [2.75, 3.05) is 0 Å². The third-order valence-electron chi connectivity index (χ3n) is 7.94. The minimum absolute atomic E-state index is 0.760. The Morgan fingerprint density at radius 1 is 0.389 bits per heavy atom. The third kappa shape index (κ3) is 2.52. The van der Waals surface area contributed by atoms with Crippen molar-refractivity contribution >= 4 is 65.4 Å². The molecule has 3 aromatic heterocycles. The van der Waals surface area contributed by atoms with Crippen LogP contribution in [0.5, 0.6) is 0 Å². The number of aryl methyl sites for hydroxylation is 1. The molecule has 0 fully saturated rings. The summed E-state index contributed by atoms with van der Waals surface area (Å²) in [6.45, 7) is 3.95. The van der Waals surface area contributed by atoms with Crippen molar-refractivity contribution in [1.82, 2.24) is 13.7 Å². The van der Waals surface area contributed by atoms with E-state index in [1.807, 2.05) is 0 Å². The first-order valence-corrected chi connectivity index (χ1v) is 12.7. The molecule has 0 spiro atoms. The third-order valence-corrected chi connectivity index (χ3v) is 7.94. The molecule has 0 saturated heterocycles. The highest BCUT2D eigenvalue weighted by Gasteiger charge is 2.17. The molecule has 0 saturated carbocycles. The van der Waals surface area contributed by atoms with E-state index in [4.69, 9.17) is 0 Å². The van der Waals surface area contributed by atoms with Crippen molar-refractivity contribution in [1.29, 1.82) is 0 Å². The van der Waals surface area contributed by atoms with Gasteiger partial charge in [0.2, 0.25) is 0 Å². The first-order valence-electron chi connectivity index (χ1n) is 12.7. The molecule has 3 heterocycles. The second-order valence-electron chi connectivity index (χ2n) is 9.70. The zero-order valence-electron chi connectivity index (χ0n) is 20.1. The molecule has 0 unspecified atom stereocenters. The fraction of sp³-hybridized carbons (Fsp3) is 0.0909. The molecule has 0 aliphatic carbocycles. The van der Waals surface area contributed by atoms with E-state index in [9.17, 15) is 0 Å². The summed E-state index contributed by atoms with van der Waals surface area (Å²) in [4.78, 5) is 0. The first kappa shape index (κ1) is 19.8. The van der Waals surface area contributed by atoms with Crippen LogP contribution in [-0.4, -0.2) is 13.7 Å². The Kier molecular flexibility index (Phi) is 3.98. The molecular weight excluding hydrogens is 438 g/mol. The van der Waals surface area contributed by atoms with Crippen LogP contribution in [0.3, 0.4) is 0 Å². The smallest absolute Gasteiger partial charge is 0.100 e. The molecule has 0 atom stereocenters. The number of nitrogens with zero attached hydrogens (tertiary/aromatic N) is 3. The highest BCUT2D eigenvalue weighted by Crippen LogP contribution is 2.38. The van der Waals surface area contributed by atoms with Crippen molar-refractivity contribution in [3.63, 3.8) is 0 Å². The number of benzene rings is 5. The predicted octanol–water partition coefficient (Wildman–Crippen LogP) is 8.54. The maximum Gasteiger partial charge on any atom is 0.100 e. The van der Waals surface area contributed by atoms with Gasteiger partial charge in [0.25, 0.3) is 0 Å². The lowest BCUT2D eigenvalue weighted by Gasteiger charge is -2.12. The first-order chi connectivity index (χ1) is 17.8. The van der Waals surface area contributed by atoms with E-state index in [1.165, 1.54) is 65.4 Å². The highest BCUT2D eigenvalue weighted by molar-refractivity contribution is 6.18. The minimum atomic E-state index is 0.760. The van der Waals surface area contributed by atoms with E-state index in [0.717, 1.165) is 13.2 Å². The Morgan fingerprint density at radius 2 is 0.750 bits per heavy atom. The summed E-state index contributed by atoms with van der Waals surface area (Å²) in [5.74, 6) is 0. The molecule has 0 bridgehead atoms. The van der Waals surface area contributed by atoms with Crippen LogP contribution < -0.4 is 0 Å². The SMILES string of the molecule is CCn1c2ccccc2c2cc3c4ccccc4n(Cn4c5ccccc5c5ccccc54)c3cc21. The van der Waals surface area contributed by atoms with Gasteiger partial charge in [0.05, 0.1) is 27.6 Å². The van der Waals surface area contributed by atoms with E-state index in [2.05, 4.69) is 130 Å². The van der Waals surface area contributed by atoms with Crippen molar-refractivity contribution in [3.05, 3.63) is 109 Å². The van der Waals surface area contributed by atoms with Crippen molar-refractivity contribution in [2.24, 2.45) is 0 Å². The Morgan fingerprint density at radius 3 is 1.22 bits per heavy atom. The van der Waals surface area contributed by atoms with Gasteiger partial charge >= 0.3 is 0 Å². The van der Waals surface area contributed by atoms with E-state index >= 15 is 0 Å². The Hall–Kier alpha value is -4.50. The molecule has 0 N–H and O–H groups in total. The number of fused-ring (bicyclic) bond motifs is 9. The number of hydrogen-bond acceptors (Lipinski definition) is 0. The van der Waals surface area contributed by atoms with Gasteiger partial charge in [-0.3, -0.25) is 0 Å². The van der Waals surface area contributed by atoms with Gasteiger partial charge in [0, 0.05) is 44.4 Å². The topological polar surface area (TPSA) is 14.8 Å². The maximum absolute atomic E-state index is 2.50. The normalized spacial score (nSPS) is 12.2. The van der Waals surface area contributed by atoms with Crippen molar-refractivity contribution < 1.29 is 0 Å². The molecule has 0 radical (unpaired) electrons. The monoisotopic (exact) mass is 463 g/mol. The number of hydrogen-bond donors (Lipinski definition) is 0. The van der Waals surface area contributed by atoms with Gasteiger partial charge in [-0.1, -0.05) is 72.8 Å². The molecule has 172 valence electrons. The molecule has 0 amide bonds. The summed E-state index contributed by atoms with van der Waals surface area (Å²) in [5, 5.41) is 7.90. The summed E-state index contributed by atoms with van der Waals surface area (Å²) in [5.41, 5.74) is 7.71. The van der Waals surface area contributed by atoms with Gasteiger partial charge in [-0.15, -0.1) is 0 Å². The van der Waals surface area contributed by atoms with Crippen LogP contribution >= 0.6 is 0 Å². The van der Waals surface area contributed by atoms with E-state index < -0.39 is 0 Å². The largest absolute Gasteiger partial charge is 0.341 e. The second-order valence-corrected chi connectivity index (χ2v) is 9.70. The summed E-state index contributed by atoms with van der Waals surface area (Å²) >= 11 is 0. The predicted molar refractivity (Wildman–Crippen MR) is 153 cm³/mol. The van der Waals surface area contributed by atoms with E-state index in [0.29, 0.717) is 0 Å². The van der Waals surface area contributed by atoms with Crippen LogP contribution in [0.1, 0.15) is 6.92 Å². The zero-order valence-corrected chi connectivity index (χ0v) is 20.1. The van der Waals surface area contributed by atoms with Gasteiger partial charge in [-0.05, 0) is 43.3 Å². The lowest BCUT2D eigenvalue weighted by Crippen LogP contribution is -2.07. The number of para-hydroxylation sites is 4. The number of rotatable bonds is 3. The van der Waals surface area contributed by atoms with Crippen molar-refractivity contribution in [3.8, 4) is 0 Å². The molecule has 3 nitrogen and oxygen atoms in total. The molecular formula is C33H25N3. The Balaban J connectivity index is 1.49. The molecule has 0 aliphatic rings. The highest BCUT2D eigenvalue weighted by atomic mass is 15.2. The molecule has 0 aliphatic heterocycles. The minimum Gasteiger partial charge on any atom is -0.341 e. The molecule has 8 aromatic rings. The average molecular weight is 464 g/mol. The summed E-state index contributed by atoms with van der Waals surface area (Å²) in [6, 6.07) is 40.0. The van der Waals surface area contributed by atoms with Gasteiger partial charge < -0.3 is 13.7 Å². The van der Waals surface area contributed by atoms with Crippen LogP contribution in [-0.2, 0) is 13.2 Å².